The van der Waals surface area contributed by atoms with Gasteiger partial charge in [0.25, 0.3) is 0 Å². The minimum Gasteiger partial charge on any atom is -0.356 e. The highest BCUT2D eigenvalue weighted by atomic mass is 16.5. The lowest BCUT2D eigenvalue weighted by atomic mass is 10.2. The average Bonchev–Trinajstić information content (AvgIpc) is 2.28. The van der Waals surface area contributed by atoms with Crippen molar-refractivity contribution in [3.8, 4) is 0 Å². The van der Waals surface area contributed by atoms with Gasteiger partial charge in [0, 0.05) is 13.0 Å². The van der Waals surface area contributed by atoms with E-state index in [0.29, 0.717) is 6.42 Å². The second-order valence-corrected chi connectivity index (χ2v) is 4.18. The van der Waals surface area contributed by atoms with Crippen LogP contribution >= 0.6 is 0 Å². The van der Waals surface area contributed by atoms with Gasteiger partial charge in [0.2, 0.25) is 5.91 Å². The van der Waals surface area contributed by atoms with E-state index >= 15 is 0 Å². The molecule has 0 N–H and O–H groups in total. The summed E-state index contributed by atoms with van der Waals surface area (Å²) in [6.45, 7) is 6.81. The second kappa shape index (κ2) is 5.35. The molecule has 1 aliphatic rings. The Morgan fingerprint density at radius 3 is 2.57 bits per heavy atom. The summed E-state index contributed by atoms with van der Waals surface area (Å²) in [5, 5.41) is 0. The number of hydrogen-bond acceptors (Lipinski definition) is 2. The van der Waals surface area contributed by atoms with E-state index in [-0.39, 0.29) is 18.2 Å². The summed E-state index contributed by atoms with van der Waals surface area (Å²) in [4.78, 5) is 13.6. The van der Waals surface area contributed by atoms with Gasteiger partial charge in [-0.15, -0.1) is 0 Å². The van der Waals surface area contributed by atoms with Gasteiger partial charge in [-0.2, -0.15) is 0 Å². The molecule has 1 atom stereocenters. The Hall–Kier alpha value is -0.570. The van der Waals surface area contributed by atoms with E-state index in [2.05, 4.69) is 0 Å². The number of nitrogens with zero attached hydrogens (tertiary/aromatic N) is 1. The Morgan fingerprint density at radius 2 is 1.93 bits per heavy atom. The van der Waals surface area contributed by atoms with E-state index in [1.165, 1.54) is 0 Å². The lowest BCUT2D eigenvalue weighted by Crippen LogP contribution is -2.40. The van der Waals surface area contributed by atoms with E-state index in [1.54, 1.807) is 0 Å². The van der Waals surface area contributed by atoms with Crippen LogP contribution in [0.4, 0.5) is 0 Å². The van der Waals surface area contributed by atoms with Gasteiger partial charge in [-0.25, -0.2) is 0 Å². The fourth-order valence-corrected chi connectivity index (χ4v) is 1.86. The Morgan fingerprint density at radius 1 is 1.21 bits per heavy atom. The van der Waals surface area contributed by atoms with E-state index in [1.807, 2.05) is 25.7 Å². The number of amides is 1. The zero-order chi connectivity index (χ0) is 10.6. The SMILES string of the molecule is CC(C)OC(C)N1CCCCCC1=O. The molecule has 0 bridgehead atoms. The first-order chi connectivity index (χ1) is 6.61. The summed E-state index contributed by atoms with van der Waals surface area (Å²) in [6, 6.07) is 0. The molecule has 0 aliphatic carbocycles. The van der Waals surface area contributed by atoms with Crippen LogP contribution in [0.15, 0.2) is 0 Å². The molecule has 3 nitrogen and oxygen atoms in total. The van der Waals surface area contributed by atoms with Crippen molar-refractivity contribution < 1.29 is 9.53 Å². The minimum absolute atomic E-state index is 0.0689. The summed E-state index contributed by atoms with van der Waals surface area (Å²) < 4.78 is 5.62. The maximum atomic E-state index is 11.7. The van der Waals surface area contributed by atoms with Crippen LogP contribution in [0.2, 0.25) is 0 Å². The van der Waals surface area contributed by atoms with Gasteiger partial charge in [-0.05, 0) is 33.6 Å². The van der Waals surface area contributed by atoms with Crippen molar-refractivity contribution in [1.82, 2.24) is 4.90 Å². The molecule has 1 unspecified atom stereocenters. The van der Waals surface area contributed by atoms with Crippen molar-refractivity contribution >= 4 is 5.91 Å². The standard InChI is InChI=1S/C11H21NO2/c1-9(2)14-10(3)12-8-6-4-5-7-11(12)13/h9-10H,4-8H2,1-3H3. The normalized spacial score (nSPS) is 21.1. The van der Waals surface area contributed by atoms with Gasteiger partial charge in [0.05, 0.1) is 6.10 Å². The third-order valence-corrected chi connectivity index (χ3v) is 2.52. The van der Waals surface area contributed by atoms with Crippen LogP contribution < -0.4 is 0 Å². The lowest BCUT2D eigenvalue weighted by Gasteiger charge is -2.29. The van der Waals surface area contributed by atoms with Crippen LogP contribution in [-0.2, 0) is 9.53 Å². The number of carbonyl (C=O) groups is 1. The largest absolute Gasteiger partial charge is 0.356 e. The molecule has 0 saturated carbocycles. The van der Waals surface area contributed by atoms with Crippen molar-refractivity contribution in [2.75, 3.05) is 6.54 Å². The Balaban J connectivity index is 2.50. The molecule has 0 aromatic carbocycles. The topological polar surface area (TPSA) is 29.5 Å². The van der Waals surface area contributed by atoms with Crippen LogP contribution in [0.3, 0.4) is 0 Å². The van der Waals surface area contributed by atoms with E-state index in [0.717, 1.165) is 25.8 Å². The third kappa shape index (κ3) is 3.29. The van der Waals surface area contributed by atoms with Gasteiger partial charge in [0.1, 0.15) is 6.23 Å². The highest BCUT2D eigenvalue weighted by molar-refractivity contribution is 5.76. The van der Waals surface area contributed by atoms with Crippen LogP contribution in [-0.4, -0.2) is 29.7 Å². The summed E-state index contributed by atoms with van der Waals surface area (Å²) in [6.07, 6.45) is 4.10. The Labute approximate surface area is 86.4 Å². The molecule has 14 heavy (non-hydrogen) atoms. The van der Waals surface area contributed by atoms with Crippen molar-refractivity contribution in [2.45, 2.75) is 58.8 Å². The molecule has 0 aromatic heterocycles. The fraction of sp³-hybridized carbons (Fsp3) is 0.909. The molecule has 1 heterocycles. The van der Waals surface area contributed by atoms with Crippen molar-refractivity contribution in [3.05, 3.63) is 0 Å². The third-order valence-electron chi connectivity index (χ3n) is 2.52. The monoisotopic (exact) mass is 199 g/mol. The van der Waals surface area contributed by atoms with E-state index in [9.17, 15) is 4.79 Å². The maximum absolute atomic E-state index is 11.7. The van der Waals surface area contributed by atoms with Crippen molar-refractivity contribution in [2.24, 2.45) is 0 Å². The van der Waals surface area contributed by atoms with Gasteiger partial charge >= 0.3 is 0 Å². The lowest BCUT2D eigenvalue weighted by molar-refractivity contribution is -0.147. The van der Waals surface area contributed by atoms with Crippen LogP contribution in [0.5, 0.6) is 0 Å². The maximum Gasteiger partial charge on any atom is 0.224 e. The molecule has 1 saturated heterocycles. The van der Waals surface area contributed by atoms with Gasteiger partial charge in [-0.1, -0.05) is 6.42 Å². The Kier molecular flexibility index (Phi) is 4.39. The first-order valence-corrected chi connectivity index (χ1v) is 5.56. The molecule has 3 heteroatoms. The molecule has 1 amide bonds. The van der Waals surface area contributed by atoms with Crippen LogP contribution in [0.1, 0.15) is 46.5 Å². The first-order valence-electron chi connectivity index (χ1n) is 5.56. The molecule has 1 rings (SSSR count). The zero-order valence-electron chi connectivity index (χ0n) is 9.45. The van der Waals surface area contributed by atoms with Crippen molar-refractivity contribution in [1.29, 1.82) is 0 Å². The molecule has 1 aliphatic heterocycles. The minimum atomic E-state index is -0.0689. The summed E-state index contributed by atoms with van der Waals surface area (Å²) >= 11 is 0. The number of carbonyl (C=O) groups excluding carboxylic acids is 1. The van der Waals surface area contributed by atoms with Gasteiger partial charge in [-0.3, -0.25) is 4.79 Å². The van der Waals surface area contributed by atoms with Gasteiger partial charge < -0.3 is 9.64 Å². The zero-order valence-corrected chi connectivity index (χ0v) is 9.45. The summed E-state index contributed by atoms with van der Waals surface area (Å²) in [5.41, 5.74) is 0. The summed E-state index contributed by atoms with van der Waals surface area (Å²) in [5.74, 6) is 0.246. The van der Waals surface area contributed by atoms with Crippen LogP contribution in [0, 0.1) is 0 Å². The quantitative estimate of drug-likeness (QED) is 0.697. The molecule has 0 spiro atoms. The summed E-state index contributed by atoms with van der Waals surface area (Å²) in [7, 11) is 0. The number of ether oxygens (including phenoxy) is 1. The van der Waals surface area contributed by atoms with E-state index < -0.39 is 0 Å². The van der Waals surface area contributed by atoms with Gasteiger partial charge in [0.15, 0.2) is 0 Å². The smallest absolute Gasteiger partial charge is 0.224 e. The highest BCUT2D eigenvalue weighted by Gasteiger charge is 2.22. The first kappa shape index (κ1) is 11.5. The molecule has 82 valence electrons. The van der Waals surface area contributed by atoms with Crippen LogP contribution in [0.25, 0.3) is 0 Å². The molecule has 1 fully saturated rings. The number of rotatable bonds is 3. The van der Waals surface area contributed by atoms with E-state index in [4.69, 9.17) is 4.74 Å². The number of hydrogen-bond donors (Lipinski definition) is 0. The molecular formula is C11H21NO2. The number of likely N-dealkylation sites (tertiary alicyclic amines) is 1. The average molecular weight is 199 g/mol. The highest BCUT2D eigenvalue weighted by Crippen LogP contribution is 2.15. The Bertz CT molecular complexity index is 192. The molecule has 0 radical (unpaired) electrons. The second-order valence-electron chi connectivity index (χ2n) is 4.18. The fourth-order valence-electron chi connectivity index (χ4n) is 1.86. The predicted octanol–water partition coefficient (Wildman–Crippen LogP) is 2.16. The molecule has 0 aromatic rings. The predicted molar refractivity (Wildman–Crippen MR) is 55.9 cm³/mol. The van der Waals surface area contributed by atoms with Crippen molar-refractivity contribution in [3.63, 3.8) is 0 Å². The molecular weight excluding hydrogens is 178 g/mol.